The summed E-state index contributed by atoms with van der Waals surface area (Å²) >= 11 is 0. The van der Waals surface area contributed by atoms with Crippen LogP contribution >= 0.6 is 0 Å². The summed E-state index contributed by atoms with van der Waals surface area (Å²) in [5.74, 6) is -0.902. The third-order valence-electron chi connectivity index (χ3n) is 3.85. The first-order valence-electron chi connectivity index (χ1n) is 6.82. The third-order valence-corrected chi connectivity index (χ3v) is 3.85. The molecule has 7 nitrogen and oxygen atoms in total. The molecular weight excluding hydrogens is 276 g/mol. The van der Waals surface area contributed by atoms with E-state index in [4.69, 9.17) is 15.6 Å². The van der Waals surface area contributed by atoms with Crippen molar-refractivity contribution in [2.75, 3.05) is 0 Å². The molecule has 1 fully saturated rings. The third kappa shape index (κ3) is 3.13. The van der Waals surface area contributed by atoms with E-state index in [1.165, 1.54) is 6.07 Å². The minimum Gasteiger partial charge on any atom is -0.483 e. The number of nitro groups is 1. The van der Waals surface area contributed by atoms with Gasteiger partial charge >= 0.3 is 11.7 Å². The van der Waals surface area contributed by atoms with Gasteiger partial charge in [0.25, 0.3) is 0 Å². The lowest BCUT2D eigenvalue weighted by Crippen LogP contribution is -2.46. The number of nitro benzene ring substituents is 1. The smallest absolute Gasteiger partial charge is 0.323 e. The first-order valence-corrected chi connectivity index (χ1v) is 6.82. The fourth-order valence-corrected chi connectivity index (χ4v) is 2.53. The van der Waals surface area contributed by atoms with Crippen molar-refractivity contribution >= 4 is 11.7 Å². The van der Waals surface area contributed by atoms with E-state index < -0.39 is 22.5 Å². The predicted octanol–water partition coefficient (Wildman–Crippen LogP) is 1.87. The minimum absolute atomic E-state index is 0.0980. The maximum absolute atomic E-state index is 11.1. The number of carboxylic acid groups (broad SMARTS) is 1. The summed E-state index contributed by atoms with van der Waals surface area (Å²) in [6.07, 6.45) is 1.19. The summed E-state index contributed by atoms with van der Waals surface area (Å²) in [6.45, 7) is 1.91. The Morgan fingerprint density at radius 1 is 1.62 bits per heavy atom. The number of carbonyl (C=O) groups is 1. The summed E-state index contributed by atoms with van der Waals surface area (Å²) in [7, 11) is 0. The highest BCUT2D eigenvalue weighted by Gasteiger charge is 2.43. The van der Waals surface area contributed by atoms with Gasteiger partial charge in [0.2, 0.25) is 0 Å². The monoisotopic (exact) mass is 294 g/mol. The van der Waals surface area contributed by atoms with Crippen molar-refractivity contribution in [2.45, 2.75) is 44.2 Å². The largest absolute Gasteiger partial charge is 0.483 e. The molecule has 1 aliphatic rings. The van der Waals surface area contributed by atoms with Crippen LogP contribution in [0.15, 0.2) is 18.2 Å². The lowest BCUT2D eigenvalue weighted by molar-refractivity contribution is -0.386. The number of hydrogen-bond acceptors (Lipinski definition) is 5. The van der Waals surface area contributed by atoms with E-state index in [9.17, 15) is 14.9 Å². The van der Waals surface area contributed by atoms with Crippen LogP contribution in [0.1, 0.15) is 31.7 Å². The van der Waals surface area contributed by atoms with Crippen LogP contribution in [-0.2, 0) is 11.2 Å². The molecule has 21 heavy (non-hydrogen) atoms. The number of rotatable bonds is 5. The normalized spacial score (nSPS) is 24.8. The Kier molecular flexibility index (Phi) is 4.13. The van der Waals surface area contributed by atoms with Gasteiger partial charge in [-0.3, -0.25) is 14.9 Å². The van der Waals surface area contributed by atoms with Crippen molar-refractivity contribution < 1.29 is 19.6 Å². The Morgan fingerprint density at radius 2 is 2.33 bits per heavy atom. The van der Waals surface area contributed by atoms with Crippen LogP contribution in [0.5, 0.6) is 5.75 Å². The average molecular weight is 294 g/mol. The second kappa shape index (κ2) is 5.69. The van der Waals surface area contributed by atoms with Crippen LogP contribution < -0.4 is 10.5 Å². The average Bonchev–Trinajstić information content (AvgIpc) is 2.82. The van der Waals surface area contributed by atoms with Crippen LogP contribution in [0, 0.1) is 10.1 Å². The van der Waals surface area contributed by atoms with Crippen LogP contribution in [0.4, 0.5) is 5.69 Å². The maximum Gasteiger partial charge on any atom is 0.323 e. The molecule has 0 heterocycles. The van der Waals surface area contributed by atoms with Crippen LogP contribution in [0.25, 0.3) is 0 Å². The number of hydrogen-bond donors (Lipinski definition) is 2. The SMILES string of the molecule is CCc1ccc(OC2CCC(N)(C(=O)O)C2)c([N+](=O)[O-])c1. The Hall–Kier alpha value is -2.15. The molecule has 0 saturated heterocycles. The molecule has 0 radical (unpaired) electrons. The molecule has 2 rings (SSSR count). The first-order chi connectivity index (χ1) is 9.85. The zero-order chi connectivity index (χ0) is 15.6. The van der Waals surface area contributed by atoms with Crippen molar-refractivity contribution in [3.63, 3.8) is 0 Å². The zero-order valence-electron chi connectivity index (χ0n) is 11.7. The van der Waals surface area contributed by atoms with E-state index in [0.717, 1.165) is 5.56 Å². The van der Waals surface area contributed by atoms with Gasteiger partial charge in [0.1, 0.15) is 11.6 Å². The molecular formula is C14H18N2O5. The van der Waals surface area contributed by atoms with Crippen molar-refractivity contribution in [1.29, 1.82) is 0 Å². The van der Waals surface area contributed by atoms with Gasteiger partial charge in [0.05, 0.1) is 4.92 Å². The topological polar surface area (TPSA) is 116 Å². The number of nitrogens with two attached hydrogens (primary N) is 1. The second-order valence-corrected chi connectivity index (χ2v) is 5.36. The van der Waals surface area contributed by atoms with Crippen molar-refractivity contribution in [3.8, 4) is 5.75 Å². The Morgan fingerprint density at radius 3 is 2.86 bits per heavy atom. The van der Waals surface area contributed by atoms with E-state index in [1.54, 1.807) is 12.1 Å². The number of carboxylic acids is 1. The predicted molar refractivity (Wildman–Crippen MR) is 75.3 cm³/mol. The van der Waals surface area contributed by atoms with Gasteiger partial charge < -0.3 is 15.6 Å². The zero-order valence-corrected chi connectivity index (χ0v) is 11.7. The van der Waals surface area contributed by atoms with E-state index in [0.29, 0.717) is 19.3 Å². The number of benzene rings is 1. The van der Waals surface area contributed by atoms with Crippen LogP contribution in [0.3, 0.4) is 0 Å². The molecule has 1 saturated carbocycles. The van der Waals surface area contributed by atoms with Gasteiger partial charge in [-0.1, -0.05) is 13.0 Å². The Bertz CT molecular complexity index is 574. The van der Waals surface area contributed by atoms with Crippen LogP contribution in [0.2, 0.25) is 0 Å². The van der Waals surface area contributed by atoms with Crippen molar-refractivity contribution in [3.05, 3.63) is 33.9 Å². The molecule has 1 aromatic carbocycles. The molecule has 2 atom stereocenters. The van der Waals surface area contributed by atoms with E-state index in [-0.39, 0.29) is 17.9 Å². The van der Waals surface area contributed by atoms with Crippen molar-refractivity contribution in [2.24, 2.45) is 5.73 Å². The molecule has 0 spiro atoms. The highest BCUT2D eigenvalue weighted by Crippen LogP contribution is 2.35. The summed E-state index contributed by atoms with van der Waals surface area (Å²) in [4.78, 5) is 21.7. The molecule has 0 aromatic heterocycles. The van der Waals surface area contributed by atoms with E-state index >= 15 is 0 Å². The molecule has 2 unspecified atom stereocenters. The highest BCUT2D eigenvalue weighted by molar-refractivity contribution is 5.79. The van der Waals surface area contributed by atoms with E-state index in [1.807, 2.05) is 6.92 Å². The summed E-state index contributed by atoms with van der Waals surface area (Å²) in [5, 5.41) is 20.2. The number of nitrogens with zero attached hydrogens (tertiary/aromatic N) is 1. The number of aryl methyl sites for hydroxylation is 1. The van der Waals surface area contributed by atoms with Gasteiger partial charge in [-0.2, -0.15) is 0 Å². The lowest BCUT2D eigenvalue weighted by Gasteiger charge is -2.18. The Balaban J connectivity index is 2.17. The molecule has 114 valence electrons. The van der Waals surface area contributed by atoms with Gasteiger partial charge in [-0.15, -0.1) is 0 Å². The molecule has 7 heteroatoms. The standard InChI is InChI=1S/C14H18N2O5/c1-2-9-3-4-12(11(7-9)16(19)20)21-10-5-6-14(15,8-10)13(17)18/h3-4,7,10H,2,5-6,8,15H2,1H3,(H,17,18). The quantitative estimate of drug-likeness (QED) is 0.632. The number of ether oxygens (including phenoxy) is 1. The molecule has 0 bridgehead atoms. The summed E-state index contributed by atoms with van der Waals surface area (Å²) in [5.41, 5.74) is 5.22. The van der Waals surface area contributed by atoms with Gasteiger partial charge in [0, 0.05) is 12.5 Å². The highest BCUT2D eigenvalue weighted by atomic mass is 16.6. The Labute approximate surface area is 121 Å². The van der Waals surface area contributed by atoms with Gasteiger partial charge in [0.15, 0.2) is 5.75 Å². The first kappa shape index (κ1) is 15.2. The second-order valence-electron chi connectivity index (χ2n) is 5.36. The lowest BCUT2D eigenvalue weighted by atomic mass is 10.00. The number of aliphatic carboxylic acids is 1. The summed E-state index contributed by atoms with van der Waals surface area (Å²) < 4.78 is 5.63. The maximum atomic E-state index is 11.1. The molecule has 1 aliphatic carbocycles. The summed E-state index contributed by atoms with van der Waals surface area (Å²) in [6, 6.07) is 4.82. The van der Waals surface area contributed by atoms with Gasteiger partial charge in [-0.25, -0.2) is 0 Å². The molecule has 1 aromatic rings. The van der Waals surface area contributed by atoms with Gasteiger partial charge in [-0.05, 0) is 30.9 Å². The van der Waals surface area contributed by atoms with Crippen LogP contribution in [-0.4, -0.2) is 27.6 Å². The molecule has 0 aliphatic heterocycles. The fraction of sp³-hybridized carbons (Fsp3) is 0.500. The molecule has 3 N–H and O–H groups in total. The fourth-order valence-electron chi connectivity index (χ4n) is 2.53. The molecule has 0 amide bonds. The van der Waals surface area contributed by atoms with Crippen molar-refractivity contribution in [1.82, 2.24) is 0 Å². The minimum atomic E-state index is -1.30. The van der Waals surface area contributed by atoms with E-state index in [2.05, 4.69) is 0 Å².